The first-order valence-corrected chi connectivity index (χ1v) is 10.0. The number of rotatable bonds is 7. The molecule has 1 heterocycles. The smallest absolute Gasteiger partial charge is 0.338 e. The number of methoxy groups -OCH3 is 1. The predicted molar refractivity (Wildman–Crippen MR) is 112 cm³/mol. The summed E-state index contributed by atoms with van der Waals surface area (Å²) in [5, 5.41) is 12.5. The van der Waals surface area contributed by atoms with E-state index in [0.29, 0.717) is 0 Å². The Morgan fingerprint density at radius 1 is 0.906 bits per heavy atom. The van der Waals surface area contributed by atoms with Crippen LogP contribution in [-0.2, 0) is 23.7 Å². The van der Waals surface area contributed by atoms with Gasteiger partial charge < -0.3 is 29.4 Å². The maximum atomic E-state index is 12.8. The van der Waals surface area contributed by atoms with E-state index in [2.05, 4.69) is 5.32 Å². The lowest BCUT2D eigenvalue weighted by Crippen LogP contribution is -2.66. The van der Waals surface area contributed by atoms with E-state index < -0.39 is 55.1 Å². The molecule has 0 aliphatic carbocycles. The first-order valence-electron chi connectivity index (χ1n) is 10.0. The molecule has 1 amide bonds. The number of aliphatic hydroxyl groups is 1. The molecule has 1 aliphatic rings. The molecule has 1 aliphatic heterocycles. The van der Waals surface area contributed by atoms with E-state index in [1.807, 2.05) is 0 Å². The van der Waals surface area contributed by atoms with Gasteiger partial charge in [-0.3, -0.25) is 4.79 Å². The number of nitrogens with one attached hydrogen (secondary N) is 1. The van der Waals surface area contributed by atoms with E-state index in [4.69, 9.17) is 18.9 Å². The Morgan fingerprint density at radius 3 is 1.84 bits per heavy atom. The Morgan fingerprint density at radius 2 is 1.41 bits per heavy atom. The summed E-state index contributed by atoms with van der Waals surface area (Å²) in [7, 11) is 1.35. The number of ether oxygens (including phenoxy) is 4. The van der Waals surface area contributed by atoms with Crippen LogP contribution in [-0.4, -0.2) is 67.3 Å². The van der Waals surface area contributed by atoms with Crippen molar-refractivity contribution < 1.29 is 38.4 Å². The van der Waals surface area contributed by atoms with Gasteiger partial charge in [-0.25, -0.2) is 9.59 Å². The maximum Gasteiger partial charge on any atom is 0.338 e. The van der Waals surface area contributed by atoms with Crippen molar-refractivity contribution in [1.82, 2.24) is 5.32 Å². The van der Waals surface area contributed by atoms with Gasteiger partial charge in [-0.15, -0.1) is 0 Å². The second-order valence-corrected chi connectivity index (χ2v) is 7.16. The number of carbonyl (C=O) groups is 3. The highest BCUT2D eigenvalue weighted by Crippen LogP contribution is 2.28. The Balaban J connectivity index is 1.94. The quantitative estimate of drug-likeness (QED) is 0.615. The first-order chi connectivity index (χ1) is 15.4. The molecule has 1 saturated heterocycles. The van der Waals surface area contributed by atoms with Crippen LogP contribution in [0.5, 0.6) is 0 Å². The van der Waals surface area contributed by atoms with Crippen LogP contribution in [0, 0.1) is 0 Å². The zero-order chi connectivity index (χ0) is 23.1. The largest absolute Gasteiger partial charge is 0.452 e. The van der Waals surface area contributed by atoms with E-state index in [0.717, 1.165) is 0 Å². The van der Waals surface area contributed by atoms with Crippen LogP contribution >= 0.6 is 0 Å². The molecular formula is C23H25NO8. The fourth-order valence-corrected chi connectivity index (χ4v) is 3.45. The fraction of sp³-hybridized carbons (Fsp3) is 0.348. The Bertz CT molecular complexity index is 920. The molecule has 0 radical (unpaired) electrons. The standard InChI is InChI=1S/C23H25NO8/c1-14(26)24-18-20(32-22(28)16-11-7-4-8-12-16)19(17(13-25)30-23(18)29-2)31-21(27)15-9-5-3-6-10-15/h3-12,17-20,23,25H,13H2,1-2H3,(H,24,26)/t17-,18-,19-,20-,23+/m1/s1. The number of hydrogen-bond donors (Lipinski definition) is 2. The summed E-state index contributed by atoms with van der Waals surface area (Å²) in [6.07, 6.45) is -4.54. The van der Waals surface area contributed by atoms with Crippen LogP contribution in [0.3, 0.4) is 0 Å². The highest BCUT2D eigenvalue weighted by atomic mass is 16.7. The van der Waals surface area contributed by atoms with Gasteiger partial charge in [0.15, 0.2) is 18.5 Å². The van der Waals surface area contributed by atoms with Crippen LogP contribution in [0.15, 0.2) is 60.7 Å². The van der Waals surface area contributed by atoms with Crippen molar-refractivity contribution >= 4 is 17.8 Å². The van der Waals surface area contributed by atoms with Crippen molar-refractivity contribution in [3.8, 4) is 0 Å². The summed E-state index contributed by atoms with van der Waals surface area (Å²) < 4.78 is 22.4. The Hall–Kier alpha value is -3.27. The first kappa shape index (κ1) is 23.4. The zero-order valence-electron chi connectivity index (χ0n) is 17.7. The number of hydrogen-bond acceptors (Lipinski definition) is 8. The second kappa shape index (κ2) is 10.9. The minimum absolute atomic E-state index is 0.266. The van der Waals surface area contributed by atoms with Crippen molar-refractivity contribution in [3.05, 3.63) is 71.8 Å². The number of aliphatic hydroxyl groups excluding tert-OH is 1. The average molecular weight is 443 g/mol. The molecule has 2 aromatic carbocycles. The molecule has 170 valence electrons. The number of carbonyl (C=O) groups excluding carboxylic acids is 3. The highest BCUT2D eigenvalue weighted by Gasteiger charge is 2.51. The van der Waals surface area contributed by atoms with Gasteiger partial charge in [0.05, 0.1) is 17.7 Å². The third-order valence-corrected chi connectivity index (χ3v) is 4.93. The van der Waals surface area contributed by atoms with Crippen molar-refractivity contribution in [2.45, 2.75) is 37.6 Å². The summed E-state index contributed by atoms with van der Waals surface area (Å²) in [6, 6.07) is 15.5. The molecule has 0 aromatic heterocycles. The van der Waals surface area contributed by atoms with Gasteiger partial charge >= 0.3 is 11.9 Å². The van der Waals surface area contributed by atoms with Crippen molar-refractivity contribution in [1.29, 1.82) is 0 Å². The van der Waals surface area contributed by atoms with Crippen LogP contribution in [0.4, 0.5) is 0 Å². The van der Waals surface area contributed by atoms with Crippen LogP contribution in [0.2, 0.25) is 0 Å². The van der Waals surface area contributed by atoms with Gasteiger partial charge in [0.1, 0.15) is 12.1 Å². The second-order valence-electron chi connectivity index (χ2n) is 7.16. The maximum absolute atomic E-state index is 12.8. The Kier molecular flexibility index (Phi) is 7.93. The van der Waals surface area contributed by atoms with Crippen LogP contribution < -0.4 is 5.32 Å². The lowest BCUT2D eigenvalue weighted by molar-refractivity contribution is -0.261. The molecule has 0 bridgehead atoms. The normalized spacial score (nSPS) is 24.9. The lowest BCUT2D eigenvalue weighted by Gasteiger charge is -2.44. The summed E-state index contributed by atoms with van der Waals surface area (Å²) in [6.45, 7) is 0.741. The third kappa shape index (κ3) is 5.50. The highest BCUT2D eigenvalue weighted by molar-refractivity contribution is 5.90. The van der Waals surface area contributed by atoms with Gasteiger partial charge in [-0.1, -0.05) is 36.4 Å². The SMILES string of the molecule is CO[C@H]1O[C@H](CO)[C@@H](OC(=O)c2ccccc2)[C@H](OC(=O)c2ccccc2)[C@H]1NC(C)=O. The number of benzene rings is 2. The molecule has 9 nitrogen and oxygen atoms in total. The number of esters is 2. The van der Waals surface area contributed by atoms with E-state index in [1.54, 1.807) is 60.7 Å². The lowest BCUT2D eigenvalue weighted by atomic mass is 9.96. The monoisotopic (exact) mass is 443 g/mol. The van der Waals surface area contributed by atoms with E-state index >= 15 is 0 Å². The van der Waals surface area contributed by atoms with E-state index in [1.165, 1.54) is 14.0 Å². The van der Waals surface area contributed by atoms with Gasteiger partial charge in [-0.2, -0.15) is 0 Å². The fourth-order valence-electron chi connectivity index (χ4n) is 3.45. The summed E-state index contributed by atoms with van der Waals surface area (Å²) >= 11 is 0. The summed E-state index contributed by atoms with van der Waals surface area (Å²) in [5.74, 6) is -1.83. The van der Waals surface area contributed by atoms with E-state index in [-0.39, 0.29) is 11.1 Å². The van der Waals surface area contributed by atoms with Crippen molar-refractivity contribution in [2.75, 3.05) is 13.7 Å². The van der Waals surface area contributed by atoms with Gasteiger partial charge in [0.2, 0.25) is 5.91 Å². The van der Waals surface area contributed by atoms with Gasteiger partial charge in [-0.05, 0) is 24.3 Å². The molecule has 9 heteroatoms. The molecule has 2 N–H and O–H groups in total. The Labute approximate surface area is 185 Å². The van der Waals surface area contributed by atoms with E-state index in [9.17, 15) is 19.5 Å². The zero-order valence-corrected chi connectivity index (χ0v) is 17.7. The minimum Gasteiger partial charge on any atom is -0.452 e. The molecule has 3 rings (SSSR count). The minimum atomic E-state index is -1.22. The van der Waals surface area contributed by atoms with Crippen molar-refractivity contribution in [2.24, 2.45) is 0 Å². The third-order valence-electron chi connectivity index (χ3n) is 4.93. The molecule has 0 unspecified atom stereocenters. The molecule has 0 spiro atoms. The summed E-state index contributed by atoms with van der Waals surface area (Å²) in [4.78, 5) is 37.4. The molecule has 0 saturated carbocycles. The molecule has 1 fully saturated rings. The topological polar surface area (TPSA) is 120 Å². The van der Waals surface area contributed by atoms with Crippen LogP contribution in [0.1, 0.15) is 27.6 Å². The van der Waals surface area contributed by atoms with Crippen LogP contribution in [0.25, 0.3) is 0 Å². The molecule has 32 heavy (non-hydrogen) atoms. The number of amides is 1. The molecule has 5 atom stereocenters. The molecular weight excluding hydrogens is 418 g/mol. The van der Waals surface area contributed by atoms with Gasteiger partial charge in [0, 0.05) is 14.0 Å². The van der Waals surface area contributed by atoms with Crippen molar-refractivity contribution in [3.63, 3.8) is 0 Å². The summed E-state index contributed by atoms with van der Waals surface area (Å²) in [5.41, 5.74) is 0.533. The predicted octanol–water partition coefficient (Wildman–Crippen LogP) is 1.31. The molecule has 2 aromatic rings. The average Bonchev–Trinajstić information content (AvgIpc) is 2.81. The van der Waals surface area contributed by atoms with Gasteiger partial charge in [0.25, 0.3) is 0 Å².